The van der Waals surface area contributed by atoms with Gasteiger partial charge in [0.05, 0.1) is 7.11 Å². The van der Waals surface area contributed by atoms with Crippen molar-refractivity contribution in [2.24, 2.45) is 0 Å². The Morgan fingerprint density at radius 1 is 1.35 bits per heavy atom. The molecule has 0 aromatic carbocycles. The number of esters is 1. The summed E-state index contributed by atoms with van der Waals surface area (Å²) in [6.07, 6.45) is 5.05. The predicted octanol–water partition coefficient (Wildman–Crippen LogP) is 3.86. The van der Waals surface area contributed by atoms with E-state index >= 15 is 0 Å². The lowest BCUT2D eigenvalue weighted by Gasteiger charge is -2.24. The van der Waals surface area contributed by atoms with Crippen molar-refractivity contribution < 1.29 is 28.5 Å². The number of carbonyl (C=O) groups is 1. The number of furan rings is 1. The lowest BCUT2D eigenvalue weighted by Crippen LogP contribution is -2.27. The van der Waals surface area contributed by atoms with Crippen LogP contribution in [0, 0.1) is 6.92 Å². The molecule has 0 radical (unpaired) electrons. The van der Waals surface area contributed by atoms with Gasteiger partial charge in [-0.2, -0.15) is 0 Å². The van der Waals surface area contributed by atoms with E-state index in [4.69, 9.17) is 18.9 Å². The lowest BCUT2D eigenvalue weighted by atomic mass is 10.1. The highest BCUT2D eigenvalue weighted by molar-refractivity contribution is 5.81. The predicted molar refractivity (Wildman–Crippen MR) is 84.5 cm³/mol. The molecule has 1 aromatic rings. The molecule has 0 N–H and O–H groups in total. The minimum absolute atomic E-state index is 0.343. The topological polar surface area (TPSA) is 67.1 Å². The second kappa shape index (κ2) is 9.50. The highest BCUT2D eigenvalue weighted by Gasteiger charge is 2.24. The SMILES string of the molecule is COC(=O)/C=C/CCCC(OOC(C)(C)OC)c1ccc(C)o1. The Morgan fingerprint density at radius 3 is 2.65 bits per heavy atom. The highest BCUT2D eigenvalue weighted by Crippen LogP contribution is 2.27. The number of hydrogen-bond acceptors (Lipinski definition) is 6. The zero-order valence-electron chi connectivity index (χ0n) is 14.5. The molecule has 0 saturated carbocycles. The molecule has 0 bridgehead atoms. The molecule has 1 rings (SSSR count). The summed E-state index contributed by atoms with van der Waals surface area (Å²) >= 11 is 0. The summed E-state index contributed by atoms with van der Waals surface area (Å²) in [5.41, 5.74) is 0. The monoisotopic (exact) mass is 326 g/mol. The van der Waals surface area contributed by atoms with E-state index in [0.29, 0.717) is 12.2 Å². The average Bonchev–Trinajstić information content (AvgIpc) is 2.95. The molecule has 1 heterocycles. The van der Waals surface area contributed by atoms with Gasteiger partial charge in [0.25, 0.3) is 0 Å². The number of rotatable bonds is 10. The normalized spacial score (nSPS) is 13.4. The van der Waals surface area contributed by atoms with Gasteiger partial charge in [-0.1, -0.05) is 6.08 Å². The van der Waals surface area contributed by atoms with E-state index in [1.165, 1.54) is 13.2 Å². The van der Waals surface area contributed by atoms with Gasteiger partial charge in [0.1, 0.15) is 11.5 Å². The van der Waals surface area contributed by atoms with Crippen molar-refractivity contribution in [1.29, 1.82) is 0 Å². The van der Waals surface area contributed by atoms with Gasteiger partial charge in [-0.15, -0.1) is 0 Å². The first kappa shape index (κ1) is 19.4. The van der Waals surface area contributed by atoms with Crippen molar-refractivity contribution in [3.63, 3.8) is 0 Å². The van der Waals surface area contributed by atoms with Gasteiger partial charge in [-0.05, 0) is 52.2 Å². The molecule has 0 aliphatic heterocycles. The highest BCUT2D eigenvalue weighted by atomic mass is 17.2. The van der Waals surface area contributed by atoms with Crippen LogP contribution in [-0.4, -0.2) is 26.0 Å². The van der Waals surface area contributed by atoms with Crippen LogP contribution in [0.25, 0.3) is 0 Å². The molecule has 0 amide bonds. The van der Waals surface area contributed by atoms with Crippen molar-refractivity contribution in [3.05, 3.63) is 35.8 Å². The molecule has 6 nitrogen and oxygen atoms in total. The molecule has 0 spiro atoms. The van der Waals surface area contributed by atoms with Gasteiger partial charge >= 0.3 is 5.97 Å². The maximum absolute atomic E-state index is 11.0. The number of hydrogen-bond donors (Lipinski definition) is 0. The molecule has 0 aliphatic carbocycles. The van der Waals surface area contributed by atoms with E-state index in [2.05, 4.69) is 4.74 Å². The first-order valence-electron chi connectivity index (χ1n) is 7.58. The molecule has 1 unspecified atom stereocenters. The molecular formula is C17H26O6. The number of ether oxygens (including phenoxy) is 2. The van der Waals surface area contributed by atoms with Crippen LogP contribution in [0.4, 0.5) is 0 Å². The standard InChI is InChI=1S/C17H26O6/c1-13-11-12-14(21-13)15(22-23-17(2,3)20-5)9-7-6-8-10-16(18)19-4/h8,10-12,15H,6-7,9H2,1-5H3/b10-8+. The number of unbranched alkanes of at least 4 members (excludes halogenated alkanes) is 1. The van der Waals surface area contributed by atoms with Crippen LogP contribution >= 0.6 is 0 Å². The van der Waals surface area contributed by atoms with E-state index in [-0.39, 0.29) is 12.1 Å². The zero-order chi connectivity index (χ0) is 17.3. The van der Waals surface area contributed by atoms with Gasteiger partial charge in [0.2, 0.25) is 0 Å². The zero-order valence-corrected chi connectivity index (χ0v) is 14.5. The van der Waals surface area contributed by atoms with Gasteiger partial charge in [-0.25, -0.2) is 14.6 Å². The Hall–Kier alpha value is -1.63. The summed E-state index contributed by atoms with van der Waals surface area (Å²) < 4.78 is 15.3. The summed E-state index contributed by atoms with van der Waals surface area (Å²) in [5.74, 6) is 0.311. The number of allylic oxidation sites excluding steroid dienone is 1. The summed E-state index contributed by atoms with van der Waals surface area (Å²) in [5, 5.41) is 0. The van der Waals surface area contributed by atoms with E-state index in [0.717, 1.165) is 18.6 Å². The van der Waals surface area contributed by atoms with Gasteiger partial charge in [-0.3, -0.25) is 0 Å². The molecule has 6 heteroatoms. The average molecular weight is 326 g/mol. The fraction of sp³-hybridized carbons (Fsp3) is 0.588. The van der Waals surface area contributed by atoms with Crippen molar-refractivity contribution in [3.8, 4) is 0 Å². The molecule has 23 heavy (non-hydrogen) atoms. The van der Waals surface area contributed by atoms with Crippen molar-refractivity contribution in [2.45, 2.75) is 51.9 Å². The van der Waals surface area contributed by atoms with E-state index < -0.39 is 5.79 Å². The van der Waals surface area contributed by atoms with Crippen LogP contribution < -0.4 is 0 Å². The Bertz CT molecular complexity index is 503. The Morgan fingerprint density at radius 2 is 2.09 bits per heavy atom. The second-order valence-electron chi connectivity index (χ2n) is 5.58. The van der Waals surface area contributed by atoms with Crippen molar-refractivity contribution >= 4 is 5.97 Å². The minimum atomic E-state index is -0.843. The lowest BCUT2D eigenvalue weighted by molar-refractivity contribution is -0.435. The van der Waals surface area contributed by atoms with Gasteiger partial charge < -0.3 is 13.9 Å². The number of methoxy groups -OCH3 is 2. The third-order valence-electron chi connectivity index (χ3n) is 3.23. The first-order chi connectivity index (χ1) is 10.9. The van der Waals surface area contributed by atoms with Crippen molar-refractivity contribution in [1.82, 2.24) is 0 Å². The maximum Gasteiger partial charge on any atom is 0.330 e. The summed E-state index contributed by atoms with van der Waals surface area (Å²) in [6.45, 7) is 5.40. The van der Waals surface area contributed by atoms with Crippen LogP contribution in [0.2, 0.25) is 0 Å². The second-order valence-corrected chi connectivity index (χ2v) is 5.58. The first-order valence-corrected chi connectivity index (χ1v) is 7.58. The van der Waals surface area contributed by atoms with E-state index in [1.54, 1.807) is 27.0 Å². The smallest absolute Gasteiger partial charge is 0.330 e. The Labute approximate surface area is 137 Å². The largest absolute Gasteiger partial charge is 0.466 e. The van der Waals surface area contributed by atoms with Crippen molar-refractivity contribution in [2.75, 3.05) is 14.2 Å². The molecule has 130 valence electrons. The maximum atomic E-state index is 11.0. The summed E-state index contributed by atoms with van der Waals surface area (Å²) in [6, 6.07) is 3.75. The molecular weight excluding hydrogens is 300 g/mol. The number of carbonyl (C=O) groups excluding carboxylic acids is 1. The van der Waals surface area contributed by atoms with Crippen LogP contribution in [0.3, 0.4) is 0 Å². The van der Waals surface area contributed by atoms with E-state index in [9.17, 15) is 4.79 Å². The minimum Gasteiger partial charge on any atom is -0.466 e. The van der Waals surface area contributed by atoms with Crippen LogP contribution in [0.5, 0.6) is 0 Å². The van der Waals surface area contributed by atoms with Gasteiger partial charge in [0.15, 0.2) is 11.9 Å². The third-order valence-corrected chi connectivity index (χ3v) is 3.23. The Balaban J connectivity index is 2.55. The van der Waals surface area contributed by atoms with E-state index in [1.807, 2.05) is 19.1 Å². The fourth-order valence-electron chi connectivity index (χ4n) is 1.74. The number of aryl methyl sites for hydroxylation is 1. The molecule has 0 saturated heterocycles. The molecule has 0 aliphatic rings. The summed E-state index contributed by atoms with van der Waals surface area (Å²) in [7, 11) is 2.90. The third kappa shape index (κ3) is 7.45. The molecule has 1 aromatic heterocycles. The van der Waals surface area contributed by atoms with Crippen LogP contribution in [0.15, 0.2) is 28.7 Å². The fourth-order valence-corrected chi connectivity index (χ4v) is 1.74. The summed E-state index contributed by atoms with van der Waals surface area (Å²) in [4.78, 5) is 21.9. The van der Waals surface area contributed by atoms with Gasteiger partial charge in [0, 0.05) is 13.2 Å². The molecule has 1 atom stereocenters. The van der Waals surface area contributed by atoms with Crippen LogP contribution in [0.1, 0.15) is 50.7 Å². The quantitative estimate of drug-likeness (QED) is 0.162. The molecule has 0 fully saturated rings. The van der Waals surface area contributed by atoms with Crippen LogP contribution in [-0.2, 0) is 24.0 Å². The Kier molecular flexibility index (Phi) is 8.02.